The number of hydrogen-bond donors (Lipinski definition) is 2. The van der Waals surface area contributed by atoms with Gasteiger partial charge in [0, 0.05) is 11.6 Å². The molecule has 0 fully saturated rings. The number of pyridine rings is 1. The third kappa shape index (κ3) is 2.61. The monoisotopic (exact) mass is 267 g/mol. The van der Waals surface area contributed by atoms with Crippen LogP contribution in [-0.4, -0.2) is 11.0 Å². The Kier molecular flexibility index (Phi) is 3.33. The van der Waals surface area contributed by atoms with Crippen LogP contribution < -0.4 is 10.6 Å². The Morgan fingerprint density at radius 3 is 2.90 bits per heavy atom. The normalized spacial score (nSPS) is 10.4. The van der Waals surface area contributed by atoms with Crippen LogP contribution in [-0.2, 0) is 6.54 Å². The van der Waals surface area contributed by atoms with E-state index in [1.807, 2.05) is 30.3 Å². The highest BCUT2D eigenvalue weighted by Crippen LogP contribution is 2.20. The third-order valence-corrected chi connectivity index (χ3v) is 2.88. The number of aromatic nitrogens is 1. The highest BCUT2D eigenvalue weighted by atomic mass is 16.3. The summed E-state index contributed by atoms with van der Waals surface area (Å²) in [6.45, 7) is 0.344. The lowest BCUT2D eigenvalue weighted by molar-refractivity contribution is 0.251. The number of carbonyl (C=O) groups is 1. The van der Waals surface area contributed by atoms with Crippen LogP contribution in [0.1, 0.15) is 5.76 Å². The van der Waals surface area contributed by atoms with Gasteiger partial charge in [-0.05, 0) is 24.3 Å². The van der Waals surface area contributed by atoms with Gasteiger partial charge in [-0.2, -0.15) is 0 Å². The Morgan fingerprint density at radius 2 is 2.05 bits per heavy atom. The van der Waals surface area contributed by atoms with Gasteiger partial charge < -0.3 is 15.1 Å². The van der Waals surface area contributed by atoms with Gasteiger partial charge in [0.15, 0.2) is 0 Å². The first-order valence-corrected chi connectivity index (χ1v) is 6.24. The minimum atomic E-state index is -0.292. The molecule has 5 nitrogen and oxygen atoms in total. The first-order chi connectivity index (χ1) is 9.83. The molecule has 100 valence electrons. The van der Waals surface area contributed by atoms with Gasteiger partial charge >= 0.3 is 6.03 Å². The van der Waals surface area contributed by atoms with Crippen LogP contribution in [0.3, 0.4) is 0 Å². The summed E-state index contributed by atoms with van der Waals surface area (Å²) in [6.07, 6.45) is 3.28. The Balaban J connectivity index is 1.71. The molecule has 2 amide bonds. The van der Waals surface area contributed by atoms with Crippen molar-refractivity contribution in [1.82, 2.24) is 10.3 Å². The van der Waals surface area contributed by atoms with Crippen LogP contribution >= 0.6 is 0 Å². The molecule has 0 saturated carbocycles. The van der Waals surface area contributed by atoms with Gasteiger partial charge in [-0.3, -0.25) is 4.98 Å². The zero-order valence-corrected chi connectivity index (χ0v) is 10.7. The molecule has 5 heteroatoms. The van der Waals surface area contributed by atoms with Gasteiger partial charge in [0.25, 0.3) is 0 Å². The molecule has 0 radical (unpaired) electrons. The molecule has 3 aromatic rings. The van der Waals surface area contributed by atoms with E-state index in [2.05, 4.69) is 15.6 Å². The van der Waals surface area contributed by atoms with Crippen LogP contribution in [0.2, 0.25) is 0 Å². The Labute approximate surface area is 115 Å². The molecule has 0 saturated heterocycles. The number of hydrogen-bond acceptors (Lipinski definition) is 3. The highest BCUT2D eigenvalue weighted by Gasteiger charge is 2.06. The summed E-state index contributed by atoms with van der Waals surface area (Å²) < 4.78 is 5.15. The van der Waals surface area contributed by atoms with Crippen LogP contribution in [0.4, 0.5) is 10.5 Å². The van der Waals surface area contributed by atoms with E-state index in [0.717, 1.165) is 10.9 Å². The molecule has 0 aliphatic rings. The maximum absolute atomic E-state index is 11.9. The maximum atomic E-state index is 11.9. The second-order valence-electron chi connectivity index (χ2n) is 4.27. The van der Waals surface area contributed by atoms with E-state index in [4.69, 9.17) is 4.42 Å². The van der Waals surface area contributed by atoms with Crippen molar-refractivity contribution in [2.45, 2.75) is 6.54 Å². The predicted octanol–water partition coefficient (Wildman–Crippen LogP) is 3.15. The molecule has 0 unspecified atom stereocenters. The number of fused-ring (bicyclic) bond motifs is 1. The van der Waals surface area contributed by atoms with E-state index < -0.39 is 0 Å². The smallest absolute Gasteiger partial charge is 0.319 e. The first-order valence-electron chi connectivity index (χ1n) is 6.24. The molecule has 0 aliphatic carbocycles. The van der Waals surface area contributed by atoms with Crippen LogP contribution in [0, 0.1) is 0 Å². The molecule has 0 spiro atoms. The standard InChI is InChI=1S/C15H13N3O2/c19-15(17-10-12-6-3-9-20-12)18-13-7-1-4-11-5-2-8-16-14(11)13/h1-9H,10H2,(H2,17,18,19). The van der Waals surface area contributed by atoms with Crippen molar-refractivity contribution in [2.75, 3.05) is 5.32 Å². The van der Waals surface area contributed by atoms with Gasteiger partial charge in [-0.25, -0.2) is 4.79 Å². The van der Waals surface area contributed by atoms with E-state index in [1.54, 1.807) is 24.6 Å². The number of carbonyl (C=O) groups excluding carboxylic acids is 1. The quantitative estimate of drug-likeness (QED) is 0.766. The van der Waals surface area contributed by atoms with Gasteiger partial charge in [-0.15, -0.1) is 0 Å². The molecular formula is C15H13N3O2. The van der Waals surface area contributed by atoms with Crippen LogP contribution in [0.15, 0.2) is 59.3 Å². The van der Waals surface area contributed by atoms with Crippen LogP contribution in [0.5, 0.6) is 0 Å². The Bertz CT molecular complexity index is 718. The predicted molar refractivity (Wildman–Crippen MR) is 76.3 cm³/mol. The van der Waals surface area contributed by atoms with Crippen LogP contribution in [0.25, 0.3) is 10.9 Å². The summed E-state index contributed by atoms with van der Waals surface area (Å²) in [5.74, 6) is 0.705. The second kappa shape index (κ2) is 5.44. The maximum Gasteiger partial charge on any atom is 0.319 e. The molecule has 0 bridgehead atoms. The molecule has 1 aromatic carbocycles. The molecule has 2 heterocycles. The van der Waals surface area contributed by atoms with Gasteiger partial charge in [0.05, 0.1) is 24.0 Å². The number of benzene rings is 1. The van der Waals surface area contributed by atoms with E-state index in [-0.39, 0.29) is 6.03 Å². The van der Waals surface area contributed by atoms with Crippen molar-refractivity contribution >= 4 is 22.6 Å². The third-order valence-electron chi connectivity index (χ3n) is 2.88. The summed E-state index contributed by atoms with van der Waals surface area (Å²) in [4.78, 5) is 16.1. The van der Waals surface area contributed by atoms with Crippen molar-refractivity contribution in [1.29, 1.82) is 0 Å². The lowest BCUT2D eigenvalue weighted by atomic mass is 10.2. The van der Waals surface area contributed by atoms with Crippen molar-refractivity contribution in [3.05, 3.63) is 60.7 Å². The summed E-state index contributed by atoms with van der Waals surface area (Å²) in [5.41, 5.74) is 1.45. The van der Waals surface area contributed by atoms with Crippen molar-refractivity contribution < 1.29 is 9.21 Å². The van der Waals surface area contributed by atoms with E-state index in [0.29, 0.717) is 18.0 Å². The van der Waals surface area contributed by atoms with Gasteiger partial charge in [-0.1, -0.05) is 18.2 Å². The molecule has 20 heavy (non-hydrogen) atoms. The van der Waals surface area contributed by atoms with Crippen molar-refractivity contribution in [3.63, 3.8) is 0 Å². The average Bonchev–Trinajstić information content (AvgIpc) is 2.99. The number of para-hydroxylation sites is 1. The average molecular weight is 267 g/mol. The van der Waals surface area contributed by atoms with E-state index in [1.165, 1.54) is 0 Å². The first kappa shape index (κ1) is 12.2. The molecular weight excluding hydrogens is 254 g/mol. The lowest BCUT2D eigenvalue weighted by Crippen LogP contribution is -2.28. The van der Waals surface area contributed by atoms with Crippen molar-refractivity contribution in [3.8, 4) is 0 Å². The Hall–Kier alpha value is -2.82. The fourth-order valence-electron chi connectivity index (χ4n) is 1.95. The zero-order chi connectivity index (χ0) is 13.8. The second-order valence-corrected chi connectivity index (χ2v) is 4.27. The number of furan rings is 1. The van der Waals surface area contributed by atoms with Gasteiger partial charge in [0.1, 0.15) is 5.76 Å². The zero-order valence-electron chi connectivity index (χ0n) is 10.7. The number of nitrogens with zero attached hydrogens (tertiary/aromatic N) is 1. The Morgan fingerprint density at radius 1 is 1.15 bits per heavy atom. The number of urea groups is 1. The number of amides is 2. The van der Waals surface area contributed by atoms with E-state index in [9.17, 15) is 4.79 Å². The van der Waals surface area contributed by atoms with E-state index >= 15 is 0 Å². The summed E-state index contributed by atoms with van der Waals surface area (Å²) in [6, 6.07) is 12.8. The summed E-state index contributed by atoms with van der Waals surface area (Å²) in [5, 5.41) is 6.50. The lowest BCUT2D eigenvalue weighted by Gasteiger charge is -2.08. The molecule has 3 rings (SSSR count). The minimum absolute atomic E-state index is 0.292. The largest absolute Gasteiger partial charge is 0.467 e. The van der Waals surface area contributed by atoms with Crippen molar-refractivity contribution in [2.24, 2.45) is 0 Å². The molecule has 2 aromatic heterocycles. The minimum Gasteiger partial charge on any atom is -0.467 e. The topological polar surface area (TPSA) is 67.2 Å². The number of anilines is 1. The highest BCUT2D eigenvalue weighted by molar-refractivity contribution is 5.99. The summed E-state index contributed by atoms with van der Waals surface area (Å²) in [7, 11) is 0. The molecule has 2 N–H and O–H groups in total. The number of rotatable bonds is 3. The fraction of sp³-hybridized carbons (Fsp3) is 0.0667. The molecule has 0 atom stereocenters. The SMILES string of the molecule is O=C(NCc1ccco1)Nc1cccc2cccnc12. The number of nitrogens with one attached hydrogen (secondary N) is 2. The summed E-state index contributed by atoms with van der Waals surface area (Å²) >= 11 is 0. The van der Waals surface area contributed by atoms with Gasteiger partial charge in [0.2, 0.25) is 0 Å². The fourth-order valence-corrected chi connectivity index (χ4v) is 1.95. The molecule has 0 aliphatic heterocycles.